The molecule has 1 N–H and O–H groups in total. The van der Waals surface area contributed by atoms with Crippen LogP contribution in [0.15, 0.2) is 58.0 Å². The van der Waals surface area contributed by atoms with Crippen molar-refractivity contribution in [2.45, 2.75) is 33.0 Å². The number of alkyl halides is 3. The van der Waals surface area contributed by atoms with Gasteiger partial charge in [-0.3, -0.25) is 9.78 Å². The van der Waals surface area contributed by atoms with Gasteiger partial charge in [-0.05, 0) is 56.7 Å². The lowest BCUT2D eigenvalue weighted by atomic mass is 9.99. The second kappa shape index (κ2) is 8.51. The molecule has 0 saturated heterocycles. The maximum atomic E-state index is 13.5. The second-order valence-electron chi connectivity index (χ2n) is 7.75. The number of nitrogens with zero attached hydrogens (tertiary/aromatic N) is 2. The van der Waals surface area contributed by atoms with Crippen molar-refractivity contribution in [3.05, 3.63) is 86.6 Å². The highest BCUT2D eigenvalue weighted by Crippen LogP contribution is 2.37. The molecule has 0 fully saturated rings. The number of anilines is 1. The Morgan fingerprint density at radius 2 is 1.91 bits per heavy atom. The van der Waals surface area contributed by atoms with Crippen molar-refractivity contribution in [2.24, 2.45) is 0 Å². The van der Waals surface area contributed by atoms with E-state index in [1.807, 2.05) is 6.92 Å². The molecular weight excluding hydrogens is 455 g/mol. The van der Waals surface area contributed by atoms with E-state index in [0.717, 1.165) is 5.56 Å². The molecule has 0 aliphatic heterocycles. The lowest BCUT2D eigenvalue weighted by molar-refractivity contribution is -0.140. The summed E-state index contributed by atoms with van der Waals surface area (Å²) in [6.45, 7) is 5.17. The summed E-state index contributed by atoms with van der Waals surface area (Å²) in [5.41, 5.74) is 1.11. The van der Waals surface area contributed by atoms with Gasteiger partial charge in [0.2, 0.25) is 0 Å². The molecule has 0 unspecified atom stereocenters. The van der Waals surface area contributed by atoms with Gasteiger partial charge in [-0.1, -0.05) is 17.7 Å². The van der Waals surface area contributed by atoms with E-state index in [1.54, 1.807) is 50.5 Å². The van der Waals surface area contributed by atoms with Gasteiger partial charge in [0.1, 0.15) is 16.5 Å². The standard InChI is InChI=1S/C24H19ClF3N3O2/c1-12-9-16(14(3)30-18-6-7-19(25)31-23(18)24(26,27)28)22-17(10-12)20(32)13(2)21(33-22)15-5-4-8-29-11-15/h4-11,14,30H,1-3H3/t14-/m1/s1. The van der Waals surface area contributed by atoms with E-state index < -0.39 is 17.9 Å². The number of pyridine rings is 2. The summed E-state index contributed by atoms with van der Waals surface area (Å²) in [4.78, 5) is 20.7. The predicted molar refractivity (Wildman–Crippen MR) is 121 cm³/mol. The fourth-order valence-corrected chi connectivity index (χ4v) is 3.89. The molecule has 5 nitrogen and oxygen atoms in total. The largest absolute Gasteiger partial charge is 0.455 e. The average Bonchev–Trinajstić information content (AvgIpc) is 2.77. The summed E-state index contributed by atoms with van der Waals surface area (Å²) in [7, 11) is 0. The summed E-state index contributed by atoms with van der Waals surface area (Å²) < 4.78 is 46.7. The topological polar surface area (TPSA) is 68.0 Å². The van der Waals surface area contributed by atoms with Gasteiger partial charge in [0, 0.05) is 29.1 Å². The van der Waals surface area contributed by atoms with Crippen molar-refractivity contribution in [3.8, 4) is 11.3 Å². The van der Waals surface area contributed by atoms with Crippen LogP contribution in [-0.4, -0.2) is 9.97 Å². The molecule has 1 atom stereocenters. The minimum atomic E-state index is -4.70. The molecule has 0 bridgehead atoms. The fourth-order valence-electron chi connectivity index (χ4n) is 3.74. The van der Waals surface area contributed by atoms with E-state index in [9.17, 15) is 18.0 Å². The van der Waals surface area contributed by atoms with Gasteiger partial charge in [0.05, 0.1) is 17.1 Å². The zero-order chi connectivity index (χ0) is 23.9. The van der Waals surface area contributed by atoms with E-state index in [0.29, 0.717) is 33.4 Å². The zero-order valence-electron chi connectivity index (χ0n) is 17.9. The third-order valence-corrected chi connectivity index (χ3v) is 5.49. The van der Waals surface area contributed by atoms with Crippen molar-refractivity contribution in [3.63, 3.8) is 0 Å². The summed E-state index contributed by atoms with van der Waals surface area (Å²) in [6, 6.07) is 8.85. The molecule has 3 heterocycles. The number of hydrogen-bond acceptors (Lipinski definition) is 5. The van der Waals surface area contributed by atoms with Crippen molar-refractivity contribution < 1.29 is 17.6 Å². The van der Waals surface area contributed by atoms with Crippen LogP contribution >= 0.6 is 11.6 Å². The van der Waals surface area contributed by atoms with Gasteiger partial charge in [0.25, 0.3) is 0 Å². The summed E-state index contributed by atoms with van der Waals surface area (Å²) in [5.74, 6) is 0.363. The smallest absolute Gasteiger partial charge is 0.435 e. The number of halogens is 4. The second-order valence-corrected chi connectivity index (χ2v) is 8.14. The molecule has 4 aromatic rings. The molecule has 0 aliphatic carbocycles. The Kier molecular flexibility index (Phi) is 5.88. The molecule has 0 saturated carbocycles. The molecular formula is C24H19ClF3N3O2. The van der Waals surface area contributed by atoms with Gasteiger partial charge in [-0.25, -0.2) is 4.98 Å². The number of rotatable bonds is 4. The Balaban J connectivity index is 1.88. The Labute approximate surface area is 192 Å². The lowest BCUT2D eigenvalue weighted by Crippen LogP contribution is -2.16. The predicted octanol–water partition coefficient (Wildman–Crippen LogP) is 6.71. The van der Waals surface area contributed by atoms with Crippen LogP contribution in [0.5, 0.6) is 0 Å². The van der Waals surface area contributed by atoms with Gasteiger partial charge < -0.3 is 9.73 Å². The van der Waals surface area contributed by atoms with Gasteiger partial charge in [0.15, 0.2) is 11.1 Å². The molecule has 0 spiro atoms. The molecule has 1 aromatic carbocycles. The van der Waals surface area contributed by atoms with Crippen LogP contribution in [0.25, 0.3) is 22.3 Å². The van der Waals surface area contributed by atoms with Crippen molar-refractivity contribution in [1.29, 1.82) is 0 Å². The first-order valence-corrected chi connectivity index (χ1v) is 10.4. The van der Waals surface area contributed by atoms with Crippen molar-refractivity contribution in [2.75, 3.05) is 5.32 Å². The SMILES string of the molecule is Cc1cc([C@@H](C)Nc2ccc(Cl)nc2C(F)(F)F)c2oc(-c3cccnc3)c(C)c(=O)c2c1. The Hall–Kier alpha value is -3.39. The monoisotopic (exact) mass is 473 g/mol. The molecule has 170 valence electrons. The van der Waals surface area contributed by atoms with Crippen LogP contribution in [0.2, 0.25) is 5.15 Å². The first-order chi connectivity index (χ1) is 15.6. The van der Waals surface area contributed by atoms with Gasteiger partial charge in [-0.2, -0.15) is 13.2 Å². The molecule has 0 amide bonds. The molecule has 3 aromatic heterocycles. The Morgan fingerprint density at radius 1 is 1.15 bits per heavy atom. The molecule has 4 rings (SSSR count). The lowest BCUT2D eigenvalue weighted by Gasteiger charge is -2.21. The van der Waals surface area contributed by atoms with E-state index in [1.165, 1.54) is 12.1 Å². The minimum Gasteiger partial charge on any atom is -0.455 e. The third-order valence-electron chi connectivity index (χ3n) is 5.28. The molecule has 0 radical (unpaired) electrons. The first kappa shape index (κ1) is 22.8. The normalized spacial score (nSPS) is 12.7. The number of fused-ring (bicyclic) bond motifs is 1. The number of benzene rings is 1. The van der Waals surface area contributed by atoms with E-state index in [2.05, 4.69) is 15.3 Å². The maximum Gasteiger partial charge on any atom is 0.435 e. The summed E-state index contributed by atoms with van der Waals surface area (Å²) in [5, 5.41) is 2.95. The van der Waals surface area contributed by atoms with Crippen LogP contribution < -0.4 is 10.7 Å². The van der Waals surface area contributed by atoms with Crippen LogP contribution in [-0.2, 0) is 6.18 Å². The van der Waals surface area contributed by atoms with Crippen molar-refractivity contribution in [1.82, 2.24) is 9.97 Å². The minimum absolute atomic E-state index is 0.212. The quantitative estimate of drug-likeness (QED) is 0.333. The van der Waals surface area contributed by atoms with Gasteiger partial charge >= 0.3 is 6.18 Å². The van der Waals surface area contributed by atoms with Crippen LogP contribution in [0, 0.1) is 13.8 Å². The number of hydrogen-bond donors (Lipinski definition) is 1. The number of aromatic nitrogens is 2. The first-order valence-electron chi connectivity index (χ1n) is 10.0. The number of aryl methyl sites for hydroxylation is 1. The van der Waals surface area contributed by atoms with Crippen LogP contribution in [0.4, 0.5) is 18.9 Å². The fraction of sp³-hybridized carbons (Fsp3) is 0.208. The van der Waals surface area contributed by atoms with Gasteiger partial charge in [-0.15, -0.1) is 0 Å². The van der Waals surface area contributed by atoms with E-state index in [4.69, 9.17) is 16.0 Å². The van der Waals surface area contributed by atoms with E-state index >= 15 is 0 Å². The highest BCUT2D eigenvalue weighted by Gasteiger charge is 2.36. The highest BCUT2D eigenvalue weighted by atomic mass is 35.5. The van der Waals surface area contributed by atoms with E-state index in [-0.39, 0.29) is 16.3 Å². The van der Waals surface area contributed by atoms with Crippen molar-refractivity contribution >= 4 is 28.3 Å². The Bertz CT molecular complexity index is 1400. The molecule has 0 aliphatic rings. The van der Waals surface area contributed by atoms with Crippen LogP contribution in [0.3, 0.4) is 0 Å². The third kappa shape index (κ3) is 4.43. The molecule has 33 heavy (non-hydrogen) atoms. The zero-order valence-corrected chi connectivity index (χ0v) is 18.7. The number of nitrogens with one attached hydrogen (secondary N) is 1. The Morgan fingerprint density at radius 3 is 2.58 bits per heavy atom. The molecule has 9 heteroatoms. The summed E-state index contributed by atoms with van der Waals surface area (Å²) in [6.07, 6.45) is -1.50. The maximum absolute atomic E-state index is 13.5. The highest BCUT2D eigenvalue weighted by molar-refractivity contribution is 6.29. The summed E-state index contributed by atoms with van der Waals surface area (Å²) >= 11 is 5.69. The average molecular weight is 474 g/mol. The van der Waals surface area contributed by atoms with Crippen LogP contribution in [0.1, 0.15) is 35.3 Å².